The van der Waals surface area contributed by atoms with Gasteiger partial charge in [-0.15, -0.1) is 0 Å². The van der Waals surface area contributed by atoms with Crippen molar-refractivity contribution in [2.45, 2.75) is 64.2 Å². The van der Waals surface area contributed by atoms with Crippen LogP contribution in [0.3, 0.4) is 0 Å². The Balaban J connectivity index is 1.81. The fourth-order valence-electron chi connectivity index (χ4n) is 5.44. The summed E-state index contributed by atoms with van der Waals surface area (Å²) in [5.41, 5.74) is 5.09. The third-order valence-electron chi connectivity index (χ3n) is 7.30. The Morgan fingerprint density at radius 1 is 0.884 bits per heavy atom. The van der Waals surface area contributed by atoms with Crippen LogP contribution in [-0.4, -0.2) is 55.5 Å². The van der Waals surface area contributed by atoms with Crippen molar-refractivity contribution in [2.75, 3.05) is 6.54 Å². The van der Waals surface area contributed by atoms with Crippen molar-refractivity contribution in [3.05, 3.63) is 102 Å². The maximum atomic E-state index is 14.0. The molecule has 4 rings (SSSR count). The number of nitrogens with zero attached hydrogens (tertiary/aromatic N) is 2. The van der Waals surface area contributed by atoms with Gasteiger partial charge in [-0.05, 0) is 68.5 Å². The van der Waals surface area contributed by atoms with Crippen LogP contribution in [0.5, 0.6) is 0 Å². The molecule has 0 saturated heterocycles. The monoisotopic (exact) mass is 587 g/mol. The molecule has 0 bridgehead atoms. The van der Waals surface area contributed by atoms with Gasteiger partial charge >= 0.3 is 5.97 Å². The Hall–Kier alpha value is -4.34. The van der Waals surface area contributed by atoms with Crippen LogP contribution in [0.4, 0.5) is 4.39 Å². The highest BCUT2D eigenvalue weighted by Gasteiger charge is 2.30. The molecule has 0 spiro atoms. The first-order valence-electron chi connectivity index (χ1n) is 14.5. The minimum atomic E-state index is -1.18. The van der Waals surface area contributed by atoms with Gasteiger partial charge in [-0.1, -0.05) is 48.5 Å². The maximum Gasteiger partial charge on any atom is 0.305 e. The number of pyridine rings is 1. The summed E-state index contributed by atoms with van der Waals surface area (Å²) >= 11 is 0. The number of aromatic nitrogens is 2. The van der Waals surface area contributed by atoms with Crippen molar-refractivity contribution < 1.29 is 29.3 Å². The summed E-state index contributed by atoms with van der Waals surface area (Å²) in [6.45, 7) is 4.32. The molecule has 0 radical (unpaired) electrons. The maximum absolute atomic E-state index is 14.0. The van der Waals surface area contributed by atoms with Crippen molar-refractivity contribution in [2.24, 2.45) is 0 Å². The minimum absolute atomic E-state index is 0.0903. The number of carbonyl (C=O) groups is 2. The highest BCUT2D eigenvalue weighted by Crippen LogP contribution is 2.42. The summed E-state index contributed by atoms with van der Waals surface area (Å²) in [5.74, 6) is -1.79. The lowest BCUT2D eigenvalue weighted by atomic mass is 9.92. The van der Waals surface area contributed by atoms with Crippen molar-refractivity contribution in [3.63, 3.8) is 0 Å². The first-order chi connectivity index (χ1) is 20.7. The van der Waals surface area contributed by atoms with Gasteiger partial charge in [0.1, 0.15) is 11.5 Å². The number of halogens is 1. The van der Waals surface area contributed by atoms with Crippen molar-refractivity contribution in [1.82, 2.24) is 14.9 Å². The molecule has 0 saturated carbocycles. The molecule has 2 heterocycles. The largest absolute Gasteiger partial charge is 0.481 e. The molecule has 0 aliphatic rings. The van der Waals surface area contributed by atoms with Gasteiger partial charge in [0.25, 0.3) is 5.91 Å². The molecule has 0 aliphatic heterocycles. The molecule has 8 nitrogen and oxygen atoms in total. The molecule has 2 aromatic carbocycles. The summed E-state index contributed by atoms with van der Waals surface area (Å²) in [4.78, 5) is 29.4. The number of benzene rings is 2. The fraction of sp³-hybridized carbons (Fsp3) is 0.324. The van der Waals surface area contributed by atoms with Gasteiger partial charge in [0, 0.05) is 47.7 Å². The van der Waals surface area contributed by atoms with Crippen LogP contribution in [0.25, 0.3) is 22.3 Å². The Labute approximate surface area is 250 Å². The van der Waals surface area contributed by atoms with Crippen LogP contribution in [0.2, 0.25) is 0 Å². The van der Waals surface area contributed by atoms with E-state index in [2.05, 4.69) is 10.3 Å². The number of carboxylic acid groups (broad SMARTS) is 1. The van der Waals surface area contributed by atoms with E-state index in [0.717, 1.165) is 28.1 Å². The highest BCUT2D eigenvalue weighted by molar-refractivity contribution is 6.05. The fourth-order valence-corrected chi connectivity index (χ4v) is 5.44. The third kappa shape index (κ3) is 8.15. The van der Waals surface area contributed by atoms with Gasteiger partial charge in [0.05, 0.1) is 18.6 Å². The SMILES string of the molecule is CC(C)n1c(CC[C@@H](O)C[C@@H](O)CC(=O)O)c(-c2ccc(F)cc2)c(-c2ccccc2)c1C(=O)NCCc1ccccn1. The second-order valence-corrected chi connectivity index (χ2v) is 10.9. The zero-order valence-electron chi connectivity index (χ0n) is 24.4. The number of hydrogen-bond donors (Lipinski definition) is 4. The van der Waals surface area contributed by atoms with Gasteiger partial charge in [-0.2, -0.15) is 0 Å². The summed E-state index contributed by atoms with van der Waals surface area (Å²) < 4.78 is 16.0. The van der Waals surface area contributed by atoms with Crippen LogP contribution < -0.4 is 5.32 Å². The van der Waals surface area contributed by atoms with Crippen LogP contribution in [0.1, 0.15) is 61.0 Å². The van der Waals surface area contributed by atoms with Crippen molar-refractivity contribution in [1.29, 1.82) is 0 Å². The predicted molar refractivity (Wildman–Crippen MR) is 163 cm³/mol. The first kappa shape index (κ1) is 31.6. The van der Waals surface area contributed by atoms with E-state index in [1.54, 1.807) is 18.3 Å². The second kappa shape index (κ2) is 14.7. The van der Waals surface area contributed by atoms with E-state index < -0.39 is 24.6 Å². The Bertz CT molecular complexity index is 1500. The topological polar surface area (TPSA) is 125 Å². The van der Waals surface area contributed by atoms with Crippen LogP contribution in [0, 0.1) is 5.82 Å². The Morgan fingerprint density at radius 2 is 1.56 bits per heavy atom. The van der Waals surface area contributed by atoms with E-state index >= 15 is 0 Å². The van der Waals surface area contributed by atoms with Crippen LogP contribution >= 0.6 is 0 Å². The standard InChI is InChI=1S/C34H38FN3O5/c1-22(2)38-29(16-15-27(39)20-28(40)21-30(41)42)31(24-11-13-25(35)14-12-24)32(23-8-4-3-5-9-23)33(38)34(43)37-19-17-26-10-6-7-18-36-26/h3-14,18,22,27-28,39-40H,15-17,19-21H2,1-2H3,(H,37,43)(H,41,42)/t27-,28-/m1/s1. The second-order valence-electron chi connectivity index (χ2n) is 10.9. The van der Waals surface area contributed by atoms with E-state index in [0.29, 0.717) is 30.6 Å². The van der Waals surface area contributed by atoms with E-state index in [9.17, 15) is 24.2 Å². The van der Waals surface area contributed by atoms with Gasteiger partial charge in [-0.3, -0.25) is 14.6 Å². The summed E-state index contributed by atoms with van der Waals surface area (Å²) in [5, 5.41) is 32.9. The van der Waals surface area contributed by atoms with Gasteiger partial charge < -0.3 is 25.2 Å². The van der Waals surface area contributed by atoms with Crippen molar-refractivity contribution >= 4 is 11.9 Å². The molecule has 4 N–H and O–H groups in total. The smallest absolute Gasteiger partial charge is 0.305 e. The number of aliphatic carboxylic acids is 1. The number of hydrogen-bond acceptors (Lipinski definition) is 5. The number of amides is 1. The molecular weight excluding hydrogens is 549 g/mol. The van der Waals surface area contributed by atoms with Crippen molar-refractivity contribution in [3.8, 4) is 22.3 Å². The van der Waals surface area contributed by atoms with E-state index in [1.165, 1.54) is 12.1 Å². The molecule has 226 valence electrons. The normalized spacial score (nSPS) is 12.7. The van der Waals surface area contributed by atoms with Gasteiger partial charge in [0.2, 0.25) is 0 Å². The summed E-state index contributed by atoms with van der Waals surface area (Å²) in [6, 6.07) is 21.2. The molecule has 0 unspecified atom stereocenters. The Morgan fingerprint density at radius 3 is 2.19 bits per heavy atom. The minimum Gasteiger partial charge on any atom is -0.481 e. The molecule has 0 aliphatic carbocycles. The lowest BCUT2D eigenvalue weighted by Crippen LogP contribution is -2.29. The zero-order chi connectivity index (χ0) is 30.9. The molecule has 0 fully saturated rings. The molecule has 1 amide bonds. The first-order valence-corrected chi connectivity index (χ1v) is 14.5. The summed E-state index contributed by atoms with van der Waals surface area (Å²) in [6.07, 6.45) is 0.115. The number of carbonyl (C=O) groups excluding carboxylic acids is 1. The highest BCUT2D eigenvalue weighted by atomic mass is 19.1. The zero-order valence-corrected chi connectivity index (χ0v) is 24.4. The molecule has 2 aromatic heterocycles. The number of carboxylic acids is 1. The lowest BCUT2D eigenvalue weighted by molar-refractivity contribution is -0.139. The molecule has 2 atom stereocenters. The van der Waals surface area contributed by atoms with Crippen LogP contribution in [0.15, 0.2) is 79.0 Å². The van der Waals surface area contributed by atoms with Crippen LogP contribution in [-0.2, 0) is 17.6 Å². The Kier molecular flexibility index (Phi) is 10.8. The van der Waals surface area contributed by atoms with E-state index in [4.69, 9.17) is 5.11 Å². The quantitative estimate of drug-likeness (QED) is 0.156. The third-order valence-corrected chi connectivity index (χ3v) is 7.30. The average molecular weight is 588 g/mol. The number of nitrogens with one attached hydrogen (secondary N) is 1. The van der Waals surface area contributed by atoms with Gasteiger partial charge in [0.15, 0.2) is 0 Å². The van der Waals surface area contributed by atoms with E-state index in [1.807, 2.05) is 66.9 Å². The average Bonchev–Trinajstić information content (AvgIpc) is 3.32. The molecular formula is C34H38FN3O5. The molecule has 43 heavy (non-hydrogen) atoms. The molecule has 9 heteroatoms. The number of aliphatic hydroxyl groups is 2. The number of aliphatic hydroxyl groups excluding tert-OH is 2. The predicted octanol–water partition coefficient (Wildman–Crippen LogP) is 5.43. The summed E-state index contributed by atoms with van der Waals surface area (Å²) in [7, 11) is 0. The lowest BCUT2D eigenvalue weighted by Gasteiger charge is -2.20. The van der Waals surface area contributed by atoms with E-state index in [-0.39, 0.29) is 30.6 Å². The molecule has 4 aromatic rings. The number of rotatable bonds is 14. The van der Waals surface area contributed by atoms with Gasteiger partial charge in [-0.25, -0.2) is 4.39 Å².